The Hall–Kier alpha value is -2.93. The first-order valence-corrected chi connectivity index (χ1v) is 8.41. The van der Waals surface area contributed by atoms with Crippen LogP contribution in [0.15, 0.2) is 36.4 Å². The van der Waals surface area contributed by atoms with Gasteiger partial charge in [0.25, 0.3) is 0 Å². The zero-order valence-electron chi connectivity index (χ0n) is 15.5. The molecule has 0 fully saturated rings. The SMILES string of the molecule is COc1ccc(N(CC(=O)Nc2cc(Cl)ccc2OC)C(C)=O)c(OC)c1. The maximum absolute atomic E-state index is 12.5. The van der Waals surface area contributed by atoms with E-state index in [0.29, 0.717) is 33.6 Å². The highest BCUT2D eigenvalue weighted by Gasteiger charge is 2.21. The van der Waals surface area contributed by atoms with Crippen molar-refractivity contribution < 1.29 is 23.8 Å². The summed E-state index contributed by atoms with van der Waals surface area (Å²) in [6.07, 6.45) is 0. The summed E-state index contributed by atoms with van der Waals surface area (Å²) < 4.78 is 15.7. The predicted octanol–water partition coefficient (Wildman–Crippen LogP) is 3.36. The molecule has 27 heavy (non-hydrogen) atoms. The van der Waals surface area contributed by atoms with Gasteiger partial charge in [0.2, 0.25) is 11.8 Å². The molecule has 0 aliphatic carbocycles. The number of amides is 2. The number of methoxy groups -OCH3 is 3. The monoisotopic (exact) mass is 392 g/mol. The van der Waals surface area contributed by atoms with Crippen molar-refractivity contribution in [2.24, 2.45) is 0 Å². The Bertz CT molecular complexity index is 841. The number of carbonyl (C=O) groups is 2. The van der Waals surface area contributed by atoms with E-state index in [2.05, 4.69) is 5.32 Å². The minimum atomic E-state index is -0.413. The minimum absolute atomic E-state index is 0.215. The van der Waals surface area contributed by atoms with E-state index in [0.717, 1.165) is 0 Å². The molecule has 2 aromatic rings. The van der Waals surface area contributed by atoms with Crippen LogP contribution >= 0.6 is 11.6 Å². The lowest BCUT2D eigenvalue weighted by Gasteiger charge is -2.23. The van der Waals surface area contributed by atoms with E-state index >= 15 is 0 Å². The van der Waals surface area contributed by atoms with Crippen LogP contribution in [0.2, 0.25) is 5.02 Å². The van der Waals surface area contributed by atoms with Gasteiger partial charge in [0, 0.05) is 18.0 Å². The van der Waals surface area contributed by atoms with Crippen LogP contribution in [0.25, 0.3) is 0 Å². The summed E-state index contributed by atoms with van der Waals surface area (Å²) in [7, 11) is 4.50. The average Bonchev–Trinajstić information content (AvgIpc) is 2.65. The second-order valence-corrected chi connectivity index (χ2v) is 5.97. The molecule has 0 heterocycles. The number of benzene rings is 2. The summed E-state index contributed by atoms with van der Waals surface area (Å²) in [6, 6.07) is 9.86. The van der Waals surface area contributed by atoms with Gasteiger partial charge in [0.05, 0.1) is 32.7 Å². The zero-order valence-corrected chi connectivity index (χ0v) is 16.3. The molecule has 2 aromatic carbocycles. The lowest BCUT2D eigenvalue weighted by molar-refractivity contribution is -0.120. The van der Waals surface area contributed by atoms with Crippen LogP contribution in [-0.4, -0.2) is 39.7 Å². The third-order valence-corrected chi connectivity index (χ3v) is 4.03. The van der Waals surface area contributed by atoms with Crippen LogP contribution in [0.4, 0.5) is 11.4 Å². The van der Waals surface area contributed by atoms with E-state index in [1.54, 1.807) is 36.4 Å². The molecule has 144 valence electrons. The number of nitrogens with zero attached hydrogens (tertiary/aromatic N) is 1. The molecule has 0 unspecified atom stereocenters. The van der Waals surface area contributed by atoms with Gasteiger partial charge in [-0.15, -0.1) is 0 Å². The first-order valence-electron chi connectivity index (χ1n) is 8.03. The Morgan fingerprint density at radius 3 is 2.30 bits per heavy atom. The summed E-state index contributed by atoms with van der Waals surface area (Å²) in [6.45, 7) is 1.16. The predicted molar refractivity (Wildman–Crippen MR) is 104 cm³/mol. The van der Waals surface area contributed by atoms with Crippen molar-refractivity contribution in [2.45, 2.75) is 6.92 Å². The summed E-state index contributed by atoms with van der Waals surface area (Å²) in [5.41, 5.74) is 0.874. The van der Waals surface area contributed by atoms with E-state index in [1.807, 2.05) is 0 Å². The molecular formula is C19H21ClN2O5. The largest absolute Gasteiger partial charge is 0.497 e. The number of halogens is 1. The van der Waals surface area contributed by atoms with Crippen molar-refractivity contribution in [3.8, 4) is 17.2 Å². The van der Waals surface area contributed by atoms with Gasteiger partial charge < -0.3 is 19.5 Å². The number of ether oxygens (including phenoxy) is 3. The van der Waals surface area contributed by atoms with E-state index in [-0.39, 0.29) is 12.5 Å². The van der Waals surface area contributed by atoms with Gasteiger partial charge in [-0.1, -0.05) is 11.6 Å². The van der Waals surface area contributed by atoms with Crippen molar-refractivity contribution in [3.63, 3.8) is 0 Å². The Morgan fingerprint density at radius 1 is 1.00 bits per heavy atom. The standard InChI is InChI=1S/C19H21ClN2O5/c1-12(23)22(16-7-6-14(25-2)10-18(16)27-4)11-19(24)21-15-9-13(20)5-8-17(15)26-3/h5-10H,11H2,1-4H3,(H,21,24). The Balaban J connectivity index is 2.25. The van der Waals surface area contributed by atoms with Crippen LogP contribution in [0.1, 0.15) is 6.92 Å². The van der Waals surface area contributed by atoms with Crippen molar-refractivity contribution in [1.29, 1.82) is 0 Å². The van der Waals surface area contributed by atoms with Crippen molar-refractivity contribution in [1.82, 2.24) is 0 Å². The average molecular weight is 393 g/mol. The van der Waals surface area contributed by atoms with Gasteiger partial charge in [-0.2, -0.15) is 0 Å². The minimum Gasteiger partial charge on any atom is -0.497 e. The fourth-order valence-electron chi connectivity index (χ4n) is 2.49. The van der Waals surface area contributed by atoms with Crippen LogP contribution in [-0.2, 0) is 9.59 Å². The molecule has 7 nitrogen and oxygen atoms in total. The first kappa shape index (κ1) is 20.4. The van der Waals surface area contributed by atoms with E-state index in [9.17, 15) is 9.59 Å². The maximum atomic E-state index is 12.5. The molecule has 0 spiro atoms. The molecule has 0 saturated carbocycles. The lowest BCUT2D eigenvalue weighted by Crippen LogP contribution is -2.37. The molecule has 0 bridgehead atoms. The molecule has 2 rings (SSSR count). The highest BCUT2D eigenvalue weighted by Crippen LogP contribution is 2.33. The molecular weight excluding hydrogens is 372 g/mol. The van der Waals surface area contributed by atoms with Gasteiger partial charge in [0.15, 0.2) is 0 Å². The molecule has 8 heteroatoms. The van der Waals surface area contributed by atoms with Gasteiger partial charge in [0.1, 0.15) is 23.8 Å². The lowest BCUT2D eigenvalue weighted by atomic mass is 10.2. The smallest absolute Gasteiger partial charge is 0.244 e. The zero-order chi connectivity index (χ0) is 20.0. The number of anilines is 2. The number of rotatable bonds is 7. The van der Waals surface area contributed by atoms with Crippen LogP contribution < -0.4 is 24.4 Å². The van der Waals surface area contributed by atoms with Crippen molar-refractivity contribution in [3.05, 3.63) is 41.4 Å². The molecule has 0 radical (unpaired) electrons. The summed E-state index contributed by atoms with van der Waals surface area (Å²) in [4.78, 5) is 26.0. The molecule has 0 aliphatic heterocycles. The van der Waals surface area contributed by atoms with Crippen molar-refractivity contribution in [2.75, 3.05) is 38.1 Å². The van der Waals surface area contributed by atoms with Crippen LogP contribution in [0.3, 0.4) is 0 Å². The van der Waals surface area contributed by atoms with Crippen LogP contribution in [0.5, 0.6) is 17.2 Å². The molecule has 2 amide bonds. The Morgan fingerprint density at radius 2 is 1.70 bits per heavy atom. The van der Waals surface area contributed by atoms with E-state index in [4.69, 9.17) is 25.8 Å². The van der Waals surface area contributed by atoms with Gasteiger partial charge >= 0.3 is 0 Å². The van der Waals surface area contributed by atoms with Crippen molar-refractivity contribution >= 4 is 34.8 Å². The third-order valence-electron chi connectivity index (χ3n) is 3.80. The number of hydrogen-bond acceptors (Lipinski definition) is 5. The highest BCUT2D eigenvalue weighted by molar-refractivity contribution is 6.31. The fourth-order valence-corrected chi connectivity index (χ4v) is 2.66. The van der Waals surface area contributed by atoms with Gasteiger partial charge in [-0.3, -0.25) is 14.5 Å². The van der Waals surface area contributed by atoms with E-state index < -0.39 is 5.91 Å². The fraction of sp³-hybridized carbons (Fsp3) is 0.263. The molecule has 0 saturated heterocycles. The molecule has 1 N–H and O–H groups in total. The number of nitrogens with one attached hydrogen (secondary N) is 1. The summed E-state index contributed by atoms with van der Waals surface area (Å²) in [5.74, 6) is 0.726. The third kappa shape index (κ3) is 5.04. The second-order valence-electron chi connectivity index (χ2n) is 5.54. The molecule has 0 aliphatic rings. The number of hydrogen-bond donors (Lipinski definition) is 1. The van der Waals surface area contributed by atoms with Crippen LogP contribution in [0, 0.1) is 0 Å². The quantitative estimate of drug-likeness (QED) is 0.781. The maximum Gasteiger partial charge on any atom is 0.244 e. The molecule has 0 atom stereocenters. The van der Waals surface area contributed by atoms with Gasteiger partial charge in [-0.05, 0) is 30.3 Å². The first-order chi connectivity index (χ1) is 12.9. The normalized spacial score (nSPS) is 10.1. The highest BCUT2D eigenvalue weighted by atomic mass is 35.5. The molecule has 0 aromatic heterocycles. The summed E-state index contributed by atoms with van der Waals surface area (Å²) >= 11 is 5.98. The van der Waals surface area contributed by atoms with E-state index in [1.165, 1.54) is 33.2 Å². The van der Waals surface area contributed by atoms with Gasteiger partial charge in [-0.25, -0.2) is 0 Å². The number of carbonyl (C=O) groups excluding carboxylic acids is 2. The Kier molecular flexibility index (Phi) is 6.90. The Labute approximate surface area is 162 Å². The summed E-state index contributed by atoms with van der Waals surface area (Å²) in [5, 5.41) is 3.16. The second kappa shape index (κ2) is 9.14. The topological polar surface area (TPSA) is 77.1 Å².